The number of fused-ring (bicyclic) bond motifs is 1. The number of hydrogen-bond donors (Lipinski definition) is 1. The molecule has 0 spiro atoms. The van der Waals surface area contributed by atoms with Crippen LogP contribution in [0.3, 0.4) is 0 Å². The lowest BCUT2D eigenvalue weighted by molar-refractivity contribution is 0.147. The monoisotopic (exact) mass is 235 g/mol. The van der Waals surface area contributed by atoms with Gasteiger partial charge in [-0.1, -0.05) is 0 Å². The van der Waals surface area contributed by atoms with Crippen molar-refractivity contribution >= 4 is 11.5 Å². The van der Waals surface area contributed by atoms with Crippen LogP contribution >= 0.6 is 0 Å². The summed E-state index contributed by atoms with van der Waals surface area (Å²) in [4.78, 5) is 4.26. The first-order chi connectivity index (χ1) is 8.33. The molecular weight excluding hydrogens is 218 g/mol. The number of aryl methyl sites for hydroxylation is 1. The minimum absolute atomic E-state index is 0.761. The molecule has 0 saturated carbocycles. The molecule has 0 unspecified atom stereocenters. The minimum atomic E-state index is 0.761. The van der Waals surface area contributed by atoms with Gasteiger partial charge in [0.1, 0.15) is 5.82 Å². The van der Waals surface area contributed by atoms with Gasteiger partial charge in [0.25, 0.3) is 0 Å². The van der Waals surface area contributed by atoms with Gasteiger partial charge in [-0.2, -0.15) is 0 Å². The Hall–Kier alpha value is -1.69. The fourth-order valence-electron chi connectivity index (χ4n) is 1.59. The zero-order chi connectivity index (χ0) is 12.1. The van der Waals surface area contributed by atoms with Crippen LogP contribution in [-0.4, -0.2) is 39.3 Å². The Kier molecular flexibility index (Phi) is 3.87. The number of hydrogen-bond acceptors (Lipinski definition) is 5. The normalized spacial score (nSPS) is 10.9. The largest absolute Gasteiger partial charge is 0.382 e. The van der Waals surface area contributed by atoms with Crippen LogP contribution in [0, 0.1) is 6.92 Å². The van der Waals surface area contributed by atoms with Crippen molar-refractivity contribution in [1.29, 1.82) is 0 Å². The molecule has 2 aromatic heterocycles. The highest BCUT2D eigenvalue weighted by Crippen LogP contribution is 2.11. The Balaban J connectivity index is 1.99. The van der Waals surface area contributed by atoms with E-state index in [1.54, 1.807) is 6.20 Å². The maximum Gasteiger partial charge on any atom is 0.203 e. The van der Waals surface area contributed by atoms with Gasteiger partial charge in [0.05, 0.1) is 0 Å². The molecule has 0 atom stereocenters. The maximum atomic E-state index is 5.27. The summed E-state index contributed by atoms with van der Waals surface area (Å²) in [7, 11) is 0. The smallest absolute Gasteiger partial charge is 0.203 e. The fraction of sp³-hybridized carbons (Fsp3) is 0.545. The molecule has 0 fully saturated rings. The Morgan fingerprint density at radius 3 is 3.12 bits per heavy atom. The summed E-state index contributed by atoms with van der Waals surface area (Å²) < 4.78 is 7.18. The molecule has 6 nitrogen and oxygen atoms in total. The molecule has 0 saturated heterocycles. The van der Waals surface area contributed by atoms with E-state index in [1.165, 1.54) is 0 Å². The fourth-order valence-corrected chi connectivity index (χ4v) is 1.59. The zero-order valence-corrected chi connectivity index (χ0v) is 10.2. The van der Waals surface area contributed by atoms with Gasteiger partial charge in [-0.15, -0.1) is 10.2 Å². The third-order valence-electron chi connectivity index (χ3n) is 2.46. The minimum Gasteiger partial charge on any atom is -0.382 e. The van der Waals surface area contributed by atoms with Gasteiger partial charge in [0, 0.05) is 32.2 Å². The van der Waals surface area contributed by atoms with Crippen LogP contribution in [-0.2, 0) is 4.74 Å². The van der Waals surface area contributed by atoms with Gasteiger partial charge in [-0.05, 0) is 20.3 Å². The summed E-state index contributed by atoms with van der Waals surface area (Å²) in [6.07, 6.45) is 4.55. The molecular formula is C11H17N5O. The molecule has 17 heavy (non-hydrogen) atoms. The van der Waals surface area contributed by atoms with E-state index in [9.17, 15) is 0 Å². The first-order valence-corrected chi connectivity index (χ1v) is 5.81. The van der Waals surface area contributed by atoms with Gasteiger partial charge in [-0.3, -0.25) is 4.40 Å². The Labute approximate surface area is 100 Å². The van der Waals surface area contributed by atoms with Gasteiger partial charge < -0.3 is 10.1 Å². The molecule has 1 N–H and O–H groups in total. The van der Waals surface area contributed by atoms with E-state index in [4.69, 9.17) is 4.74 Å². The van der Waals surface area contributed by atoms with Crippen LogP contribution in [0.1, 0.15) is 19.2 Å². The van der Waals surface area contributed by atoms with E-state index >= 15 is 0 Å². The number of rotatable bonds is 6. The van der Waals surface area contributed by atoms with Crippen molar-refractivity contribution in [3.8, 4) is 0 Å². The van der Waals surface area contributed by atoms with Crippen molar-refractivity contribution in [1.82, 2.24) is 19.6 Å². The molecule has 2 rings (SSSR count). The van der Waals surface area contributed by atoms with E-state index in [0.717, 1.165) is 43.5 Å². The summed E-state index contributed by atoms with van der Waals surface area (Å²) in [6.45, 7) is 6.25. The van der Waals surface area contributed by atoms with Crippen LogP contribution in [0.15, 0.2) is 12.4 Å². The molecule has 0 bridgehead atoms. The topological polar surface area (TPSA) is 64.3 Å². The second kappa shape index (κ2) is 5.58. The second-order valence-corrected chi connectivity index (χ2v) is 3.69. The first-order valence-electron chi connectivity index (χ1n) is 5.81. The third-order valence-corrected chi connectivity index (χ3v) is 2.46. The Bertz CT molecular complexity index is 482. The maximum absolute atomic E-state index is 5.27. The van der Waals surface area contributed by atoms with Gasteiger partial charge >= 0.3 is 0 Å². The highest BCUT2D eigenvalue weighted by molar-refractivity contribution is 5.61. The summed E-state index contributed by atoms with van der Waals surface area (Å²) in [6, 6.07) is 0. The van der Waals surface area contributed by atoms with Crippen molar-refractivity contribution in [3.05, 3.63) is 18.2 Å². The molecule has 0 aliphatic rings. The van der Waals surface area contributed by atoms with Gasteiger partial charge in [0.15, 0.2) is 5.82 Å². The molecule has 0 aliphatic heterocycles. The van der Waals surface area contributed by atoms with Crippen molar-refractivity contribution in [2.24, 2.45) is 0 Å². The average molecular weight is 235 g/mol. The summed E-state index contributed by atoms with van der Waals surface area (Å²) in [5.41, 5.74) is 0.765. The molecule has 0 aliphatic carbocycles. The molecule has 92 valence electrons. The van der Waals surface area contributed by atoms with E-state index in [-0.39, 0.29) is 0 Å². The zero-order valence-electron chi connectivity index (χ0n) is 10.2. The number of anilines is 1. The Morgan fingerprint density at radius 1 is 1.41 bits per heavy atom. The quantitative estimate of drug-likeness (QED) is 0.764. The molecule has 0 radical (unpaired) electrons. The van der Waals surface area contributed by atoms with Crippen LogP contribution in [0.4, 0.5) is 5.82 Å². The predicted octanol–water partition coefficient (Wildman–Crippen LogP) is 1.27. The highest BCUT2D eigenvalue weighted by atomic mass is 16.5. The van der Waals surface area contributed by atoms with E-state index in [1.807, 2.05) is 24.4 Å². The van der Waals surface area contributed by atoms with Crippen LogP contribution in [0.25, 0.3) is 5.65 Å². The number of ether oxygens (including phenoxy) is 1. The van der Waals surface area contributed by atoms with Crippen LogP contribution < -0.4 is 5.32 Å². The highest BCUT2D eigenvalue weighted by Gasteiger charge is 2.06. The number of aromatic nitrogens is 4. The van der Waals surface area contributed by atoms with E-state index in [0.29, 0.717) is 0 Å². The van der Waals surface area contributed by atoms with Crippen LogP contribution in [0.5, 0.6) is 0 Å². The number of nitrogens with zero attached hydrogens (tertiary/aromatic N) is 4. The lowest BCUT2D eigenvalue weighted by Gasteiger charge is -2.06. The molecule has 0 aromatic carbocycles. The average Bonchev–Trinajstić information content (AvgIpc) is 2.72. The van der Waals surface area contributed by atoms with Crippen molar-refractivity contribution in [3.63, 3.8) is 0 Å². The summed E-state index contributed by atoms with van der Waals surface area (Å²) in [5.74, 6) is 1.63. The third kappa shape index (κ3) is 2.71. The van der Waals surface area contributed by atoms with Crippen LogP contribution in [0.2, 0.25) is 0 Å². The standard InChI is InChI=1S/C11H17N5O/c1-3-17-8-4-5-12-10-11-15-14-9(2)16(11)7-6-13-10/h6-7H,3-5,8H2,1-2H3,(H,12,13). The molecule has 6 heteroatoms. The van der Waals surface area contributed by atoms with Crippen molar-refractivity contribution < 1.29 is 4.74 Å². The molecule has 0 amide bonds. The Morgan fingerprint density at radius 2 is 2.29 bits per heavy atom. The molecule has 2 heterocycles. The predicted molar refractivity (Wildman–Crippen MR) is 65.1 cm³/mol. The van der Waals surface area contributed by atoms with E-state index < -0.39 is 0 Å². The van der Waals surface area contributed by atoms with E-state index in [2.05, 4.69) is 20.5 Å². The van der Waals surface area contributed by atoms with Gasteiger partial charge in [0.2, 0.25) is 5.65 Å². The lowest BCUT2D eigenvalue weighted by Crippen LogP contribution is -2.08. The first kappa shape index (κ1) is 11.8. The second-order valence-electron chi connectivity index (χ2n) is 3.69. The van der Waals surface area contributed by atoms with Gasteiger partial charge in [-0.25, -0.2) is 4.98 Å². The molecule has 2 aromatic rings. The lowest BCUT2D eigenvalue weighted by atomic mass is 10.4. The summed E-state index contributed by atoms with van der Waals surface area (Å²) >= 11 is 0. The van der Waals surface area contributed by atoms with Crippen molar-refractivity contribution in [2.75, 3.05) is 25.1 Å². The van der Waals surface area contributed by atoms with Crippen molar-refractivity contribution in [2.45, 2.75) is 20.3 Å². The SMILES string of the molecule is CCOCCCNc1nccn2c(C)nnc12. The number of nitrogens with one attached hydrogen (secondary N) is 1. The summed E-state index contributed by atoms with van der Waals surface area (Å²) in [5, 5.41) is 11.4.